The van der Waals surface area contributed by atoms with Crippen LogP contribution in [0.3, 0.4) is 0 Å². The Labute approximate surface area is 158 Å². The average molecular weight is 368 g/mol. The van der Waals surface area contributed by atoms with Gasteiger partial charge in [-0.05, 0) is 18.9 Å². The number of benzene rings is 1. The summed E-state index contributed by atoms with van der Waals surface area (Å²) in [4.78, 5) is 34.6. The number of amides is 2. The summed E-state index contributed by atoms with van der Waals surface area (Å²) >= 11 is 0. The van der Waals surface area contributed by atoms with Crippen molar-refractivity contribution in [3.05, 3.63) is 47.4 Å². The molecule has 1 aliphatic rings. The number of hydrogen-bond donors (Lipinski definition) is 1. The van der Waals surface area contributed by atoms with Crippen LogP contribution in [0.1, 0.15) is 28.2 Å². The Bertz CT molecular complexity index is 828. The highest BCUT2D eigenvalue weighted by atomic mass is 16.5. The van der Waals surface area contributed by atoms with Gasteiger partial charge in [-0.3, -0.25) is 9.59 Å². The maximum Gasteiger partial charge on any atom is 0.257 e. The van der Waals surface area contributed by atoms with E-state index in [2.05, 4.69) is 15.3 Å². The van der Waals surface area contributed by atoms with Crippen LogP contribution in [0.15, 0.2) is 30.5 Å². The van der Waals surface area contributed by atoms with Gasteiger partial charge in [0, 0.05) is 39.0 Å². The molecule has 0 unspecified atom stereocenters. The second kappa shape index (κ2) is 8.26. The minimum Gasteiger partial charge on any atom is -0.381 e. The number of ether oxygens (including phenoxy) is 1. The van der Waals surface area contributed by atoms with E-state index in [9.17, 15) is 9.59 Å². The first-order valence-electron chi connectivity index (χ1n) is 8.95. The molecule has 1 atom stereocenters. The van der Waals surface area contributed by atoms with E-state index in [0.717, 1.165) is 17.5 Å². The Hall–Kier alpha value is -2.80. The Kier molecular flexibility index (Phi) is 5.81. The number of nitrogens with one attached hydrogen (secondary N) is 1. The largest absolute Gasteiger partial charge is 0.381 e. The van der Waals surface area contributed by atoms with Crippen LogP contribution in [0.25, 0.3) is 11.3 Å². The molecule has 1 aromatic heterocycles. The third-order valence-electron chi connectivity index (χ3n) is 4.54. The number of aromatic nitrogens is 2. The summed E-state index contributed by atoms with van der Waals surface area (Å²) in [6.45, 7) is 3.41. The predicted octanol–water partition coefficient (Wildman–Crippen LogP) is 1.81. The van der Waals surface area contributed by atoms with E-state index in [1.54, 1.807) is 27.2 Å². The highest BCUT2D eigenvalue weighted by molar-refractivity contribution is 5.99. The molecule has 1 N–H and O–H groups in total. The molecule has 2 heterocycles. The Morgan fingerprint density at radius 2 is 2.00 bits per heavy atom. The van der Waals surface area contributed by atoms with Crippen molar-refractivity contribution in [1.82, 2.24) is 20.2 Å². The molecule has 27 heavy (non-hydrogen) atoms. The summed E-state index contributed by atoms with van der Waals surface area (Å²) in [6, 6.07) is 7.69. The monoisotopic (exact) mass is 368 g/mol. The van der Waals surface area contributed by atoms with Gasteiger partial charge in [0.25, 0.3) is 5.91 Å². The van der Waals surface area contributed by atoms with Gasteiger partial charge in [0.05, 0.1) is 23.8 Å². The highest BCUT2D eigenvalue weighted by Crippen LogP contribution is 2.23. The maximum atomic E-state index is 12.4. The average Bonchev–Trinajstić information content (AvgIpc) is 3.21. The molecule has 7 heteroatoms. The Balaban J connectivity index is 1.74. The van der Waals surface area contributed by atoms with E-state index < -0.39 is 0 Å². The van der Waals surface area contributed by atoms with Crippen molar-refractivity contribution in [3.63, 3.8) is 0 Å². The van der Waals surface area contributed by atoms with Crippen molar-refractivity contribution in [2.45, 2.75) is 19.9 Å². The van der Waals surface area contributed by atoms with Crippen LogP contribution in [-0.4, -0.2) is 54.0 Å². The van der Waals surface area contributed by atoms with Gasteiger partial charge in [0.15, 0.2) is 0 Å². The summed E-state index contributed by atoms with van der Waals surface area (Å²) < 4.78 is 5.25. The summed E-state index contributed by atoms with van der Waals surface area (Å²) in [5.74, 6) is 0.449. The van der Waals surface area contributed by atoms with E-state index in [4.69, 9.17) is 4.74 Å². The van der Waals surface area contributed by atoms with E-state index >= 15 is 0 Å². The maximum absolute atomic E-state index is 12.4. The number of rotatable bonds is 5. The first-order valence-corrected chi connectivity index (χ1v) is 8.95. The number of carbonyl (C=O) groups is 2. The SMILES string of the molecule is Cc1ncc(C(=O)N(C)C)c(-c2ccc(CNC(=O)[C@@H]3CCOC3)cc2)n1. The number of hydrogen-bond acceptors (Lipinski definition) is 5. The van der Waals surface area contributed by atoms with Crippen molar-refractivity contribution < 1.29 is 14.3 Å². The van der Waals surface area contributed by atoms with Crippen LogP contribution in [0.4, 0.5) is 0 Å². The van der Waals surface area contributed by atoms with E-state index in [1.807, 2.05) is 24.3 Å². The summed E-state index contributed by atoms with van der Waals surface area (Å²) in [7, 11) is 3.40. The summed E-state index contributed by atoms with van der Waals surface area (Å²) in [6.07, 6.45) is 2.35. The van der Waals surface area contributed by atoms with Crippen LogP contribution in [0, 0.1) is 12.8 Å². The lowest BCUT2D eigenvalue weighted by Crippen LogP contribution is -2.30. The molecular weight excluding hydrogens is 344 g/mol. The van der Waals surface area contributed by atoms with Crippen molar-refractivity contribution in [2.24, 2.45) is 5.92 Å². The predicted molar refractivity (Wildman–Crippen MR) is 101 cm³/mol. The molecule has 142 valence electrons. The van der Waals surface area contributed by atoms with Crippen LogP contribution < -0.4 is 5.32 Å². The molecule has 0 aliphatic carbocycles. The number of aryl methyl sites for hydroxylation is 1. The third kappa shape index (κ3) is 4.49. The van der Waals surface area contributed by atoms with Gasteiger partial charge >= 0.3 is 0 Å². The van der Waals surface area contributed by atoms with Crippen LogP contribution in [-0.2, 0) is 16.1 Å². The second-order valence-corrected chi connectivity index (χ2v) is 6.85. The molecule has 3 rings (SSSR count). The Morgan fingerprint density at radius 1 is 1.26 bits per heavy atom. The fourth-order valence-corrected chi connectivity index (χ4v) is 2.94. The van der Waals surface area contributed by atoms with Gasteiger partial charge < -0.3 is 15.0 Å². The van der Waals surface area contributed by atoms with Crippen LogP contribution in [0.5, 0.6) is 0 Å². The van der Waals surface area contributed by atoms with E-state index in [0.29, 0.717) is 36.8 Å². The first-order chi connectivity index (χ1) is 13.0. The molecule has 2 amide bonds. The lowest BCUT2D eigenvalue weighted by Gasteiger charge is -2.14. The molecule has 0 saturated carbocycles. The molecule has 1 aliphatic heterocycles. The van der Waals surface area contributed by atoms with Gasteiger partial charge in [-0.1, -0.05) is 24.3 Å². The third-order valence-corrected chi connectivity index (χ3v) is 4.54. The molecule has 2 aromatic rings. The van der Waals surface area contributed by atoms with Crippen LogP contribution in [0.2, 0.25) is 0 Å². The topological polar surface area (TPSA) is 84.4 Å². The van der Waals surface area contributed by atoms with Crippen molar-refractivity contribution in [3.8, 4) is 11.3 Å². The number of carbonyl (C=O) groups excluding carboxylic acids is 2. The molecule has 0 spiro atoms. The summed E-state index contributed by atoms with van der Waals surface area (Å²) in [5, 5.41) is 2.95. The van der Waals surface area contributed by atoms with Crippen molar-refractivity contribution >= 4 is 11.8 Å². The lowest BCUT2D eigenvalue weighted by atomic mass is 10.0. The molecule has 0 radical (unpaired) electrons. The minimum absolute atomic E-state index is 0.0295. The fraction of sp³-hybridized carbons (Fsp3) is 0.400. The fourth-order valence-electron chi connectivity index (χ4n) is 2.94. The van der Waals surface area contributed by atoms with Gasteiger partial charge in [0.1, 0.15) is 5.82 Å². The zero-order valence-electron chi connectivity index (χ0n) is 15.9. The van der Waals surface area contributed by atoms with Gasteiger partial charge in [-0.25, -0.2) is 9.97 Å². The minimum atomic E-state index is -0.139. The van der Waals surface area contributed by atoms with E-state index in [-0.39, 0.29) is 17.7 Å². The molecule has 1 saturated heterocycles. The lowest BCUT2D eigenvalue weighted by molar-refractivity contribution is -0.125. The van der Waals surface area contributed by atoms with Crippen molar-refractivity contribution in [2.75, 3.05) is 27.3 Å². The highest BCUT2D eigenvalue weighted by Gasteiger charge is 2.23. The van der Waals surface area contributed by atoms with Gasteiger partial charge in [-0.15, -0.1) is 0 Å². The molecule has 0 bridgehead atoms. The number of nitrogens with zero attached hydrogens (tertiary/aromatic N) is 3. The zero-order valence-corrected chi connectivity index (χ0v) is 15.9. The van der Waals surface area contributed by atoms with Gasteiger partial charge in [-0.2, -0.15) is 0 Å². The zero-order chi connectivity index (χ0) is 19.4. The standard InChI is InChI=1S/C20H24N4O3/c1-13-21-11-17(20(26)24(2)3)18(23-13)15-6-4-14(5-7-15)10-22-19(25)16-8-9-27-12-16/h4-7,11,16H,8-10,12H2,1-3H3,(H,22,25)/t16-/m1/s1. The van der Waals surface area contributed by atoms with Crippen LogP contribution >= 0.6 is 0 Å². The quantitative estimate of drug-likeness (QED) is 0.870. The van der Waals surface area contributed by atoms with Gasteiger partial charge in [0.2, 0.25) is 5.91 Å². The normalized spacial score (nSPS) is 16.2. The smallest absolute Gasteiger partial charge is 0.257 e. The van der Waals surface area contributed by atoms with E-state index in [1.165, 1.54) is 4.90 Å². The molecule has 7 nitrogen and oxygen atoms in total. The molecule has 1 aromatic carbocycles. The molecular formula is C20H24N4O3. The first kappa shape index (κ1) is 19.0. The Morgan fingerprint density at radius 3 is 2.63 bits per heavy atom. The molecule has 1 fully saturated rings. The van der Waals surface area contributed by atoms with Crippen molar-refractivity contribution in [1.29, 1.82) is 0 Å². The summed E-state index contributed by atoms with van der Waals surface area (Å²) in [5.41, 5.74) is 2.90. The second-order valence-electron chi connectivity index (χ2n) is 6.85.